The van der Waals surface area contributed by atoms with E-state index in [1.165, 1.54) is 5.01 Å². The van der Waals surface area contributed by atoms with Gasteiger partial charge in [-0.25, -0.2) is 14.5 Å². The summed E-state index contributed by atoms with van der Waals surface area (Å²) in [5, 5.41) is 9.71. The molecule has 0 fully saturated rings. The van der Waals surface area contributed by atoms with Crippen LogP contribution >= 0.6 is 0 Å². The molecule has 2 heterocycles. The van der Waals surface area contributed by atoms with Crippen molar-refractivity contribution in [1.29, 1.82) is 0 Å². The predicted octanol–water partition coefficient (Wildman–Crippen LogP) is 3.41. The maximum absolute atomic E-state index is 12.5. The summed E-state index contributed by atoms with van der Waals surface area (Å²) >= 11 is 0. The molecule has 2 aromatic carbocycles. The molecule has 0 bridgehead atoms. The number of carbonyl (C=O) groups excluding carboxylic acids is 2. The van der Waals surface area contributed by atoms with Crippen molar-refractivity contribution in [1.82, 2.24) is 9.78 Å². The molecule has 0 saturated carbocycles. The van der Waals surface area contributed by atoms with E-state index in [9.17, 15) is 9.59 Å². The summed E-state index contributed by atoms with van der Waals surface area (Å²) < 4.78 is 7.16. The minimum atomic E-state index is -0.508. The first-order valence-electron chi connectivity index (χ1n) is 9.33. The van der Waals surface area contributed by atoms with Crippen molar-refractivity contribution >= 4 is 23.3 Å². The number of carbonyl (C=O) groups is 2. The van der Waals surface area contributed by atoms with Crippen LogP contribution in [0.3, 0.4) is 0 Å². The molecule has 1 aliphatic rings. The smallest absolute Gasteiger partial charge is 0.354 e. The van der Waals surface area contributed by atoms with Gasteiger partial charge in [0.15, 0.2) is 0 Å². The Bertz CT molecular complexity index is 1060. The second-order valence-electron chi connectivity index (χ2n) is 6.78. The molecule has 0 saturated heterocycles. The summed E-state index contributed by atoms with van der Waals surface area (Å²) in [6.45, 7) is 2.07. The first kappa shape index (κ1) is 18.6. The number of ether oxygens (including phenoxy) is 1. The average Bonchev–Trinajstić information content (AvgIpc) is 3.27. The lowest BCUT2D eigenvalue weighted by molar-refractivity contribution is -0.137. The highest BCUT2D eigenvalue weighted by atomic mass is 16.5. The average molecular weight is 388 g/mol. The standard InChI is InChI=1S/C22H20N4O3/c1-16-4-2-5-19(14-16)26-21(27)11-10-20(24-26)22(28)29-15-17-6-8-18(9-7-17)25-13-3-12-23-25/h2-9,12-14H,10-11,15H2,1H3. The van der Waals surface area contributed by atoms with Crippen LogP contribution in [0.5, 0.6) is 0 Å². The zero-order chi connectivity index (χ0) is 20.2. The zero-order valence-electron chi connectivity index (χ0n) is 16.0. The third-order valence-corrected chi connectivity index (χ3v) is 4.59. The first-order chi connectivity index (χ1) is 14.1. The molecule has 3 aromatic rings. The Morgan fingerprint density at radius 3 is 2.62 bits per heavy atom. The fraction of sp³-hybridized carbons (Fsp3) is 0.182. The quantitative estimate of drug-likeness (QED) is 0.628. The molecule has 7 nitrogen and oxygen atoms in total. The number of hydrogen-bond donors (Lipinski definition) is 0. The van der Waals surface area contributed by atoms with Crippen molar-refractivity contribution in [3.8, 4) is 5.69 Å². The number of benzene rings is 2. The van der Waals surface area contributed by atoms with Crippen LogP contribution in [0.2, 0.25) is 0 Å². The summed E-state index contributed by atoms with van der Waals surface area (Å²) in [5.74, 6) is -0.646. The van der Waals surface area contributed by atoms with Gasteiger partial charge in [-0.3, -0.25) is 4.79 Å². The normalized spacial score (nSPS) is 13.9. The number of aromatic nitrogens is 2. The Labute approximate surface area is 168 Å². The molecular weight excluding hydrogens is 368 g/mol. The van der Waals surface area contributed by atoms with Crippen LogP contribution in [-0.2, 0) is 20.9 Å². The van der Waals surface area contributed by atoms with Crippen LogP contribution in [0, 0.1) is 6.92 Å². The molecule has 0 atom stereocenters. The highest BCUT2D eigenvalue weighted by molar-refractivity contribution is 6.37. The molecule has 7 heteroatoms. The van der Waals surface area contributed by atoms with Gasteiger partial charge in [-0.1, -0.05) is 24.3 Å². The van der Waals surface area contributed by atoms with Gasteiger partial charge in [-0.2, -0.15) is 10.2 Å². The number of esters is 1. The Hall–Kier alpha value is -3.74. The minimum Gasteiger partial charge on any atom is -0.456 e. The third-order valence-electron chi connectivity index (χ3n) is 4.59. The Morgan fingerprint density at radius 2 is 1.90 bits per heavy atom. The zero-order valence-corrected chi connectivity index (χ0v) is 16.0. The van der Waals surface area contributed by atoms with Gasteiger partial charge in [0.2, 0.25) is 5.91 Å². The van der Waals surface area contributed by atoms with Crippen molar-refractivity contribution in [3.05, 3.63) is 78.1 Å². The molecule has 1 aliphatic heterocycles. The van der Waals surface area contributed by atoms with Crippen molar-refractivity contribution < 1.29 is 14.3 Å². The monoisotopic (exact) mass is 388 g/mol. The molecule has 4 rings (SSSR count). The second kappa shape index (κ2) is 8.10. The van der Waals surface area contributed by atoms with Crippen molar-refractivity contribution in [2.45, 2.75) is 26.4 Å². The van der Waals surface area contributed by atoms with E-state index in [1.807, 2.05) is 61.7 Å². The third kappa shape index (κ3) is 4.24. The fourth-order valence-electron chi connectivity index (χ4n) is 3.06. The van der Waals surface area contributed by atoms with Gasteiger partial charge in [0.1, 0.15) is 12.3 Å². The summed E-state index contributed by atoms with van der Waals surface area (Å²) in [7, 11) is 0. The first-order valence-corrected chi connectivity index (χ1v) is 9.33. The lowest BCUT2D eigenvalue weighted by atomic mass is 10.1. The van der Waals surface area contributed by atoms with Gasteiger partial charge in [-0.05, 0) is 48.4 Å². The number of rotatable bonds is 5. The van der Waals surface area contributed by atoms with E-state index in [2.05, 4.69) is 10.2 Å². The largest absolute Gasteiger partial charge is 0.456 e. The van der Waals surface area contributed by atoms with Gasteiger partial charge < -0.3 is 4.74 Å². The Balaban J connectivity index is 1.42. The van der Waals surface area contributed by atoms with Crippen LogP contribution in [0.1, 0.15) is 24.0 Å². The lowest BCUT2D eigenvalue weighted by Crippen LogP contribution is -2.34. The van der Waals surface area contributed by atoms with Crippen molar-refractivity contribution in [2.24, 2.45) is 5.10 Å². The number of amides is 1. The second-order valence-corrected chi connectivity index (χ2v) is 6.78. The van der Waals surface area contributed by atoms with E-state index in [0.29, 0.717) is 5.69 Å². The highest BCUT2D eigenvalue weighted by Gasteiger charge is 2.26. The molecule has 0 radical (unpaired) electrons. The molecule has 0 spiro atoms. The maximum atomic E-state index is 12.5. The molecule has 1 aromatic heterocycles. The van der Waals surface area contributed by atoms with E-state index in [1.54, 1.807) is 16.9 Å². The lowest BCUT2D eigenvalue weighted by Gasteiger charge is -2.23. The topological polar surface area (TPSA) is 76.8 Å². The summed E-state index contributed by atoms with van der Waals surface area (Å²) in [4.78, 5) is 24.7. The van der Waals surface area contributed by atoms with E-state index in [4.69, 9.17) is 4.74 Å². The van der Waals surface area contributed by atoms with Crippen LogP contribution in [0.15, 0.2) is 72.1 Å². The molecule has 1 amide bonds. The van der Waals surface area contributed by atoms with Gasteiger partial charge in [0, 0.05) is 25.2 Å². The van der Waals surface area contributed by atoms with Gasteiger partial charge in [0.05, 0.1) is 11.4 Å². The van der Waals surface area contributed by atoms with Crippen LogP contribution in [0.4, 0.5) is 5.69 Å². The SMILES string of the molecule is Cc1cccc(N2N=C(C(=O)OCc3ccc(-n4cccn4)cc3)CCC2=O)c1. The van der Waals surface area contributed by atoms with E-state index in [-0.39, 0.29) is 31.1 Å². The molecule has 146 valence electrons. The Kier molecular flexibility index (Phi) is 5.20. The number of aryl methyl sites for hydroxylation is 1. The molecule has 0 unspecified atom stereocenters. The number of anilines is 1. The molecular formula is C22H20N4O3. The van der Waals surface area contributed by atoms with Gasteiger partial charge in [-0.15, -0.1) is 0 Å². The maximum Gasteiger partial charge on any atom is 0.354 e. The van der Waals surface area contributed by atoms with E-state index < -0.39 is 5.97 Å². The van der Waals surface area contributed by atoms with Gasteiger partial charge >= 0.3 is 5.97 Å². The summed E-state index contributed by atoms with van der Waals surface area (Å²) in [6, 6.07) is 16.9. The summed E-state index contributed by atoms with van der Waals surface area (Å²) in [5.41, 5.74) is 3.69. The van der Waals surface area contributed by atoms with Gasteiger partial charge in [0.25, 0.3) is 0 Å². The van der Waals surface area contributed by atoms with Crippen LogP contribution in [0.25, 0.3) is 5.69 Å². The number of hydrogen-bond acceptors (Lipinski definition) is 5. The number of nitrogens with zero attached hydrogens (tertiary/aromatic N) is 4. The van der Waals surface area contributed by atoms with Crippen molar-refractivity contribution in [3.63, 3.8) is 0 Å². The highest BCUT2D eigenvalue weighted by Crippen LogP contribution is 2.21. The fourth-order valence-corrected chi connectivity index (χ4v) is 3.06. The molecule has 0 N–H and O–H groups in total. The van der Waals surface area contributed by atoms with Crippen LogP contribution < -0.4 is 5.01 Å². The Morgan fingerprint density at radius 1 is 1.07 bits per heavy atom. The van der Waals surface area contributed by atoms with Crippen LogP contribution in [-0.4, -0.2) is 27.4 Å². The van der Waals surface area contributed by atoms with E-state index >= 15 is 0 Å². The van der Waals surface area contributed by atoms with E-state index in [0.717, 1.165) is 16.8 Å². The molecule has 0 aliphatic carbocycles. The molecule has 29 heavy (non-hydrogen) atoms. The number of hydrazone groups is 1. The minimum absolute atomic E-state index is 0.135. The summed E-state index contributed by atoms with van der Waals surface area (Å²) in [6.07, 6.45) is 4.07. The van der Waals surface area contributed by atoms with Crippen molar-refractivity contribution in [2.75, 3.05) is 5.01 Å². The predicted molar refractivity (Wildman–Crippen MR) is 109 cm³/mol.